The first-order valence-electron chi connectivity index (χ1n) is 4.39. The summed E-state index contributed by atoms with van der Waals surface area (Å²) >= 11 is 4.76. The molecule has 0 spiro atoms. The van der Waals surface area contributed by atoms with Crippen molar-refractivity contribution >= 4 is 28.9 Å². The first kappa shape index (κ1) is 11.5. The Morgan fingerprint density at radius 1 is 1.27 bits per heavy atom. The number of rotatable bonds is 2. The molecule has 0 aliphatic heterocycles. The first-order chi connectivity index (χ1) is 6.91. The van der Waals surface area contributed by atoms with Crippen LogP contribution in [0.3, 0.4) is 0 Å². The number of primary amides is 1. The molecule has 5 heteroatoms. The second-order valence-electron chi connectivity index (χ2n) is 3.34. The molecule has 4 nitrogen and oxygen atoms in total. The molecule has 0 bridgehead atoms. The van der Waals surface area contributed by atoms with E-state index in [1.54, 1.807) is 12.1 Å². The Morgan fingerprint density at radius 3 is 2.07 bits per heavy atom. The monoisotopic (exact) mass is 223 g/mol. The van der Waals surface area contributed by atoms with Crippen LogP contribution < -0.4 is 16.8 Å². The third-order valence-corrected chi connectivity index (χ3v) is 2.17. The van der Waals surface area contributed by atoms with Gasteiger partial charge in [-0.05, 0) is 49.3 Å². The Hall–Kier alpha value is -1.62. The molecule has 0 aliphatic carbocycles. The highest BCUT2D eigenvalue weighted by Gasteiger charge is 2.08. The van der Waals surface area contributed by atoms with Crippen LogP contribution in [-0.4, -0.2) is 11.0 Å². The molecule has 1 aromatic carbocycles. The zero-order valence-corrected chi connectivity index (χ0v) is 9.44. The fourth-order valence-electron chi connectivity index (χ4n) is 1.43. The lowest BCUT2D eigenvalue weighted by atomic mass is 10.0. The Labute approximate surface area is 93.6 Å². The van der Waals surface area contributed by atoms with Gasteiger partial charge in [-0.1, -0.05) is 0 Å². The number of thiocarbonyl (C=S) groups is 1. The van der Waals surface area contributed by atoms with E-state index in [1.165, 1.54) is 0 Å². The number of nitrogens with two attached hydrogens (primary N) is 2. The van der Waals surface area contributed by atoms with Gasteiger partial charge in [0, 0.05) is 11.3 Å². The lowest BCUT2D eigenvalue weighted by molar-refractivity contribution is 0.1000. The van der Waals surface area contributed by atoms with Gasteiger partial charge in [0.1, 0.15) is 0 Å². The van der Waals surface area contributed by atoms with Crippen LogP contribution >= 0.6 is 12.2 Å². The third kappa shape index (κ3) is 2.66. The van der Waals surface area contributed by atoms with Crippen LogP contribution in [0.2, 0.25) is 0 Å². The van der Waals surface area contributed by atoms with Gasteiger partial charge in [-0.2, -0.15) is 0 Å². The molecule has 0 aromatic heterocycles. The van der Waals surface area contributed by atoms with Gasteiger partial charge < -0.3 is 16.8 Å². The fraction of sp³-hybridized carbons (Fsp3) is 0.200. The molecule has 0 atom stereocenters. The zero-order chi connectivity index (χ0) is 11.6. The Kier molecular flexibility index (Phi) is 3.26. The molecule has 15 heavy (non-hydrogen) atoms. The van der Waals surface area contributed by atoms with Gasteiger partial charge in [0.25, 0.3) is 0 Å². The maximum absolute atomic E-state index is 11.0. The van der Waals surface area contributed by atoms with E-state index in [2.05, 4.69) is 5.32 Å². The molecule has 0 heterocycles. The van der Waals surface area contributed by atoms with E-state index in [9.17, 15) is 4.79 Å². The van der Waals surface area contributed by atoms with Crippen molar-refractivity contribution in [2.24, 2.45) is 11.5 Å². The number of hydrogen-bond donors (Lipinski definition) is 3. The molecule has 0 unspecified atom stereocenters. The lowest BCUT2D eigenvalue weighted by Crippen LogP contribution is -2.21. The minimum atomic E-state index is -0.442. The summed E-state index contributed by atoms with van der Waals surface area (Å²) in [4.78, 5) is 11.0. The van der Waals surface area contributed by atoms with E-state index in [0.717, 1.165) is 16.8 Å². The van der Waals surface area contributed by atoms with Gasteiger partial charge >= 0.3 is 0 Å². The summed E-state index contributed by atoms with van der Waals surface area (Å²) in [5, 5.41) is 3.07. The van der Waals surface area contributed by atoms with Gasteiger partial charge in [0.05, 0.1) is 0 Å². The number of aryl methyl sites for hydroxylation is 2. The normalized spacial score (nSPS) is 9.73. The van der Waals surface area contributed by atoms with Crippen molar-refractivity contribution in [3.05, 3.63) is 28.8 Å². The number of carbonyl (C=O) groups excluding carboxylic acids is 1. The van der Waals surface area contributed by atoms with Gasteiger partial charge in [-0.15, -0.1) is 0 Å². The smallest absolute Gasteiger partial charge is 0.248 e. The molecule has 0 fully saturated rings. The Morgan fingerprint density at radius 2 is 1.73 bits per heavy atom. The van der Waals surface area contributed by atoms with Crippen molar-refractivity contribution in [1.82, 2.24) is 0 Å². The molecule has 80 valence electrons. The van der Waals surface area contributed by atoms with E-state index in [4.69, 9.17) is 23.7 Å². The summed E-state index contributed by atoms with van der Waals surface area (Å²) in [6, 6.07) is 3.41. The van der Waals surface area contributed by atoms with E-state index in [0.29, 0.717) is 5.56 Å². The maximum atomic E-state index is 11.0. The second kappa shape index (κ2) is 4.27. The van der Waals surface area contributed by atoms with E-state index in [1.807, 2.05) is 13.8 Å². The summed E-state index contributed by atoms with van der Waals surface area (Å²) < 4.78 is 0. The van der Waals surface area contributed by atoms with Crippen molar-refractivity contribution in [1.29, 1.82) is 0 Å². The number of benzene rings is 1. The van der Waals surface area contributed by atoms with E-state index in [-0.39, 0.29) is 5.11 Å². The SMILES string of the molecule is Cc1cc(C(N)=O)cc(C)c1NC(N)=S. The molecule has 0 radical (unpaired) electrons. The van der Waals surface area contributed by atoms with Crippen molar-refractivity contribution < 1.29 is 4.79 Å². The average Bonchev–Trinajstić information content (AvgIpc) is 2.10. The minimum absolute atomic E-state index is 0.202. The molecule has 1 amide bonds. The van der Waals surface area contributed by atoms with Crippen molar-refractivity contribution in [2.75, 3.05) is 5.32 Å². The maximum Gasteiger partial charge on any atom is 0.248 e. The number of carbonyl (C=O) groups is 1. The summed E-state index contributed by atoms with van der Waals surface area (Å²) in [5.41, 5.74) is 13.7. The van der Waals surface area contributed by atoms with E-state index < -0.39 is 5.91 Å². The van der Waals surface area contributed by atoms with Crippen LogP contribution in [0.4, 0.5) is 5.69 Å². The standard InChI is InChI=1S/C10H13N3OS/c1-5-3-7(9(11)14)4-6(2)8(5)13-10(12)15/h3-4H,1-2H3,(H2,11,14)(H3,12,13,15). The van der Waals surface area contributed by atoms with E-state index >= 15 is 0 Å². The summed E-state index contributed by atoms with van der Waals surface area (Å²) in [6.45, 7) is 3.72. The van der Waals surface area contributed by atoms with Gasteiger partial charge in [0.15, 0.2) is 5.11 Å². The summed E-state index contributed by atoms with van der Waals surface area (Å²) in [7, 11) is 0. The van der Waals surface area contributed by atoms with Crippen LogP contribution in [-0.2, 0) is 0 Å². The van der Waals surface area contributed by atoms with Crippen LogP contribution in [0.5, 0.6) is 0 Å². The first-order valence-corrected chi connectivity index (χ1v) is 4.80. The molecular formula is C10H13N3OS. The van der Waals surface area contributed by atoms with Crippen LogP contribution in [0, 0.1) is 13.8 Å². The third-order valence-electron chi connectivity index (χ3n) is 2.07. The average molecular weight is 223 g/mol. The zero-order valence-electron chi connectivity index (χ0n) is 8.63. The number of hydrogen-bond acceptors (Lipinski definition) is 2. The number of nitrogens with one attached hydrogen (secondary N) is 1. The van der Waals surface area contributed by atoms with Gasteiger partial charge in [-0.3, -0.25) is 4.79 Å². The molecule has 1 aromatic rings. The molecule has 0 saturated heterocycles. The quantitative estimate of drug-likeness (QED) is 0.655. The highest BCUT2D eigenvalue weighted by Crippen LogP contribution is 2.21. The minimum Gasteiger partial charge on any atom is -0.376 e. The van der Waals surface area contributed by atoms with Crippen molar-refractivity contribution in [2.45, 2.75) is 13.8 Å². The van der Waals surface area contributed by atoms with Gasteiger partial charge in [0.2, 0.25) is 5.91 Å². The number of amides is 1. The van der Waals surface area contributed by atoms with Gasteiger partial charge in [-0.25, -0.2) is 0 Å². The second-order valence-corrected chi connectivity index (χ2v) is 3.78. The molecule has 0 aliphatic rings. The van der Waals surface area contributed by atoms with Crippen LogP contribution in [0.25, 0.3) is 0 Å². The largest absolute Gasteiger partial charge is 0.376 e. The fourth-order valence-corrected chi connectivity index (χ4v) is 1.53. The Bertz CT molecular complexity index is 406. The molecular weight excluding hydrogens is 210 g/mol. The molecule has 0 saturated carbocycles. The lowest BCUT2D eigenvalue weighted by Gasteiger charge is -2.12. The number of anilines is 1. The topological polar surface area (TPSA) is 81.1 Å². The van der Waals surface area contributed by atoms with Crippen LogP contribution in [0.15, 0.2) is 12.1 Å². The molecule has 5 N–H and O–H groups in total. The predicted molar refractivity (Wildman–Crippen MR) is 64.8 cm³/mol. The molecule has 1 rings (SSSR count). The summed E-state index contributed by atoms with van der Waals surface area (Å²) in [5.74, 6) is -0.442. The summed E-state index contributed by atoms with van der Waals surface area (Å²) in [6.07, 6.45) is 0. The van der Waals surface area contributed by atoms with Crippen LogP contribution in [0.1, 0.15) is 21.5 Å². The predicted octanol–water partition coefficient (Wildman–Crippen LogP) is 1.06. The van der Waals surface area contributed by atoms with Crippen molar-refractivity contribution in [3.8, 4) is 0 Å². The Balaban J connectivity index is 3.21. The highest BCUT2D eigenvalue weighted by molar-refractivity contribution is 7.80. The van der Waals surface area contributed by atoms with Crippen molar-refractivity contribution in [3.63, 3.8) is 0 Å². The highest BCUT2D eigenvalue weighted by atomic mass is 32.1.